The van der Waals surface area contributed by atoms with Gasteiger partial charge in [-0.15, -0.1) is 0 Å². The molecule has 1 atom stereocenters. The molecular weight excluding hydrogens is 376 g/mol. The highest BCUT2D eigenvalue weighted by atomic mass is 32.2. The van der Waals surface area contributed by atoms with E-state index in [1.165, 1.54) is 18.0 Å². The van der Waals surface area contributed by atoms with Gasteiger partial charge in [0.15, 0.2) is 0 Å². The molecule has 0 aliphatic rings. The van der Waals surface area contributed by atoms with Crippen molar-refractivity contribution < 1.29 is 13.9 Å². The second-order valence-corrected chi connectivity index (χ2v) is 7.26. The molecule has 0 fully saturated rings. The molecule has 3 aromatic rings. The predicted molar refractivity (Wildman–Crippen MR) is 110 cm³/mol. The van der Waals surface area contributed by atoms with E-state index in [0.29, 0.717) is 6.54 Å². The van der Waals surface area contributed by atoms with Gasteiger partial charge in [0.2, 0.25) is 0 Å². The number of nitriles is 1. The first-order chi connectivity index (χ1) is 13.2. The van der Waals surface area contributed by atoms with Crippen LogP contribution < -0.4 is 0 Å². The molecule has 1 unspecified atom stereocenters. The molecule has 0 amide bonds. The fourth-order valence-corrected chi connectivity index (χ4v) is 2.81. The van der Waals surface area contributed by atoms with E-state index in [0.717, 1.165) is 28.5 Å². The molecule has 152 valence electrons. The van der Waals surface area contributed by atoms with Crippen molar-refractivity contribution in [3.05, 3.63) is 47.4 Å². The minimum Gasteiger partial charge on any atom is -0.768 e. The molecule has 0 aliphatic carbocycles. The number of aromatic nitrogens is 3. The maximum absolute atomic E-state index is 10.3. The molecule has 0 radical (unpaired) electrons. The average molecular weight is 404 g/mol. The van der Waals surface area contributed by atoms with Crippen LogP contribution in [0.3, 0.4) is 0 Å². The van der Waals surface area contributed by atoms with Gasteiger partial charge >= 0.3 is 0 Å². The van der Waals surface area contributed by atoms with Crippen molar-refractivity contribution in [1.29, 1.82) is 5.26 Å². The molecular formula is C20H27N4O3S-. The Morgan fingerprint density at radius 2 is 2.04 bits per heavy atom. The Kier molecular flexibility index (Phi) is 9.59. The van der Waals surface area contributed by atoms with Gasteiger partial charge in [-0.3, -0.25) is 8.89 Å². The maximum Gasteiger partial charge on any atom is 0.101 e. The largest absolute Gasteiger partial charge is 0.768 e. The van der Waals surface area contributed by atoms with Crippen molar-refractivity contribution in [1.82, 2.24) is 14.8 Å². The summed E-state index contributed by atoms with van der Waals surface area (Å²) in [6.07, 6.45) is 5.43. The van der Waals surface area contributed by atoms with Crippen molar-refractivity contribution in [3.8, 4) is 6.07 Å². The molecule has 3 rings (SSSR count). The summed E-state index contributed by atoms with van der Waals surface area (Å²) in [5, 5.41) is 21.9. The summed E-state index contributed by atoms with van der Waals surface area (Å²) >= 11 is -2.14. The molecule has 8 heteroatoms. The molecule has 0 spiro atoms. The molecule has 2 N–H and O–H groups in total. The number of aryl methyl sites for hydroxylation is 3. The third kappa shape index (κ3) is 6.60. The van der Waals surface area contributed by atoms with Crippen molar-refractivity contribution in [3.63, 3.8) is 0 Å². The van der Waals surface area contributed by atoms with Crippen molar-refractivity contribution in [2.24, 2.45) is 0 Å². The third-order valence-corrected chi connectivity index (χ3v) is 4.35. The topological polar surface area (TPSA) is 118 Å². The van der Waals surface area contributed by atoms with E-state index in [2.05, 4.69) is 35.2 Å². The SMILES string of the molecule is CC(C)O.CCc1ccc(C)c2c(C#N)c[nH]c12.CCn1cc(S(=O)[O-])cn1. The highest BCUT2D eigenvalue weighted by Crippen LogP contribution is 2.25. The van der Waals surface area contributed by atoms with Crippen LogP contribution in [0.5, 0.6) is 0 Å². The summed E-state index contributed by atoms with van der Waals surface area (Å²) < 4.78 is 22.1. The van der Waals surface area contributed by atoms with Crippen LogP contribution in [0.1, 0.15) is 44.4 Å². The van der Waals surface area contributed by atoms with Crippen LogP contribution >= 0.6 is 0 Å². The minimum absolute atomic E-state index is 0.167. The predicted octanol–water partition coefficient (Wildman–Crippen LogP) is 3.44. The van der Waals surface area contributed by atoms with Crippen molar-refractivity contribution >= 4 is 22.0 Å². The maximum atomic E-state index is 10.3. The van der Waals surface area contributed by atoms with E-state index in [-0.39, 0.29) is 11.0 Å². The number of aliphatic hydroxyl groups excluding tert-OH is 1. The lowest BCUT2D eigenvalue weighted by atomic mass is 10.0. The van der Waals surface area contributed by atoms with Gasteiger partial charge in [0.1, 0.15) is 6.07 Å². The number of aromatic amines is 1. The van der Waals surface area contributed by atoms with Gasteiger partial charge in [-0.05, 0) is 56.3 Å². The number of nitrogens with one attached hydrogen (secondary N) is 1. The molecule has 0 bridgehead atoms. The minimum atomic E-state index is -2.14. The van der Waals surface area contributed by atoms with Crippen molar-refractivity contribution in [2.45, 2.75) is 58.6 Å². The summed E-state index contributed by atoms with van der Waals surface area (Å²) in [7, 11) is 0. The Balaban J connectivity index is 0.000000245. The standard InChI is InChI=1S/C12H12N2.C5H8N2O2S.C3H8O/c1-3-9-5-4-8(2)11-10(6-13)7-14-12(9)11;1-2-7-4-5(3-6-7)10(8)9;1-3(2)4/h4-5,7,14H,3H2,1-2H3;3-4H,2H2,1H3,(H,8,9);3-4H,1-2H3/p-1. The quantitative estimate of drug-likeness (QED) is 0.650. The smallest absolute Gasteiger partial charge is 0.101 e. The Bertz CT molecular complexity index is 951. The number of aliphatic hydroxyl groups is 1. The van der Waals surface area contributed by atoms with E-state index in [9.17, 15) is 8.76 Å². The van der Waals surface area contributed by atoms with Gasteiger partial charge in [-0.25, -0.2) is 0 Å². The van der Waals surface area contributed by atoms with Gasteiger partial charge in [0.05, 0.1) is 22.2 Å². The molecule has 28 heavy (non-hydrogen) atoms. The fourth-order valence-electron chi connectivity index (χ4n) is 2.46. The van der Waals surface area contributed by atoms with Crippen molar-refractivity contribution in [2.75, 3.05) is 0 Å². The zero-order chi connectivity index (χ0) is 21.3. The van der Waals surface area contributed by atoms with Gasteiger partial charge in [0.25, 0.3) is 0 Å². The first kappa shape index (κ1) is 23.6. The number of H-pyrrole nitrogens is 1. The summed E-state index contributed by atoms with van der Waals surface area (Å²) in [5.74, 6) is 0. The van der Waals surface area contributed by atoms with Crippen LogP contribution in [-0.2, 0) is 24.0 Å². The van der Waals surface area contributed by atoms with Crippen LogP contribution in [0.25, 0.3) is 10.9 Å². The van der Waals surface area contributed by atoms with E-state index >= 15 is 0 Å². The summed E-state index contributed by atoms with van der Waals surface area (Å²) in [6, 6.07) is 6.41. The van der Waals surface area contributed by atoms with Gasteiger partial charge in [0, 0.05) is 30.4 Å². The molecule has 1 aromatic carbocycles. The van der Waals surface area contributed by atoms with Crippen LogP contribution in [0, 0.1) is 18.3 Å². The van der Waals surface area contributed by atoms with Crippen LogP contribution in [0.2, 0.25) is 0 Å². The second-order valence-electron chi connectivity index (χ2n) is 6.32. The van der Waals surface area contributed by atoms with Crippen LogP contribution in [0.15, 0.2) is 35.6 Å². The molecule has 0 saturated heterocycles. The summed E-state index contributed by atoms with van der Waals surface area (Å²) in [4.78, 5) is 3.41. The molecule has 0 aliphatic heterocycles. The Labute approximate surface area is 168 Å². The van der Waals surface area contributed by atoms with Crippen LogP contribution in [-0.4, -0.2) is 34.7 Å². The molecule has 2 heterocycles. The highest BCUT2D eigenvalue weighted by Gasteiger charge is 2.08. The molecule has 2 aromatic heterocycles. The fraction of sp³-hybridized carbons (Fsp3) is 0.400. The van der Waals surface area contributed by atoms with Crippen LogP contribution in [0.4, 0.5) is 0 Å². The summed E-state index contributed by atoms with van der Waals surface area (Å²) in [6.45, 7) is 10.2. The Hall–Kier alpha value is -2.47. The van der Waals surface area contributed by atoms with E-state index in [1.54, 1.807) is 24.7 Å². The first-order valence-corrected chi connectivity index (χ1v) is 10.1. The van der Waals surface area contributed by atoms with E-state index < -0.39 is 11.1 Å². The Morgan fingerprint density at radius 3 is 2.46 bits per heavy atom. The number of nitrogens with zero attached hydrogens (tertiary/aromatic N) is 3. The lowest BCUT2D eigenvalue weighted by Gasteiger charge is -2.02. The number of rotatable bonds is 3. The van der Waals surface area contributed by atoms with E-state index in [1.807, 2.05) is 13.8 Å². The monoisotopic (exact) mass is 403 g/mol. The molecule has 0 saturated carbocycles. The lowest BCUT2D eigenvalue weighted by molar-refractivity contribution is 0.216. The zero-order valence-corrected chi connectivity index (χ0v) is 17.7. The first-order valence-electron chi connectivity index (χ1n) is 9.04. The number of hydrogen-bond acceptors (Lipinski definition) is 5. The average Bonchev–Trinajstić information content (AvgIpc) is 3.29. The number of benzene rings is 1. The second kappa shape index (κ2) is 11.4. The van der Waals surface area contributed by atoms with Gasteiger partial charge < -0.3 is 14.6 Å². The van der Waals surface area contributed by atoms with E-state index in [4.69, 9.17) is 10.4 Å². The zero-order valence-electron chi connectivity index (χ0n) is 16.9. The van der Waals surface area contributed by atoms with Gasteiger partial charge in [-0.2, -0.15) is 10.4 Å². The third-order valence-electron chi connectivity index (χ3n) is 3.76. The van der Waals surface area contributed by atoms with Gasteiger partial charge in [-0.1, -0.05) is 19.1 Å². The highest BCUT2D eigenvalue weighted by molar-refractivity contribution is 7.79. The number of hydrogen-bond donors (Lipinski definition) is 2. The molecule has 7 nitrogen and oxygen atoms in total. The summed E-state index contributed by atoms with van der Waals surface area (Å²) in [5.41, 5.74) is 4.29. The normalized spacial score (nSPS) is 11.2. The number of fused-ring (bicyclic) bond motifs is 1. The lowest BCUT2D eigenvalue weighted by Crippen LogP contribution is -1.92. The Morgan fingerprint density at radius 1 is 1.39 bits per heavy atom.